The van der Waals surface area contributed by atoms with Crippen molar-refractivity contribution in [1.82, 2.24) is 0 Å². The highest BCUT2D eigenvalue weighted by molar-refractivity contribution is 5.70. The molecule has 0 bridgehead atoms. The Morgan fingerprint density at radius 1 is 0.545 bits per heavy atom. The molecule has 8 heteroatoms. The van der Waals surface area contributed by atoms with Crippen LogP contribution in [-0.4, -0.2) is 75.5 Å². The minimum absolute atomic E-state index is 0.0334. The number of quaternary nitrogens is 1. The molecule has 0 heterocycles. The van der Waals surface area contributed by atoms with E-state index < -0.39 is 18.1 Å². The van der Waals surface area contributed by atoms with Gasteiger partial charge >= 0.3 is 11.9 Å². The predicted molar refractivity (Wildman–Crippen MR) is 226 cm³/mol. The van der Waals surface area contributed by atoms with Gasteiger partial charge in [-0.2, -0.15) is 0 Å². The maximum absolute atomic E-state index is 12.7. The highest BCUT2D eigenvalue weighted by Gasteiger charge is 2.25. The Kier molecular flexibility index (Phi) is 36.3. The number of likely N-dealkylation sites (N-methyl/N-ethyl adjacent to an activating group) is 1. The molecule has 2 atom stereocenters. The van der Waals surface area contributed by atoms with E-state index >= 15 is 0 Å². The second-order valence-electron chi connectivity index (χ2n) is 15.9. The molecule has 2 unspecified atom stereocenters. The predicted octanol–water partition coefficient (Wildman–Crippen LogP) is 10.7. The lowest BCUT2D eigenvalue weighted by atomic mass is 10.1. The molecule has 0 amide bonds. The fourth-order valence-electron chi connectivity index (χ4n) is 6.23. The molecule has 0 saturated carbocycles. The van der Waals surface area contributed by atoms with Crippen molar-refractivity contribution in [3.63, 3.8) is 0 Å². The van der Waals surface area contributed by atoms with Gasteiger partial charge < -0.3 is 28.6 Å². The summed E-state index contributed by atoms with van der Waals surface area (Å²) in [7, 11) is 5.39. The minimum Gasteiger partial charge on any atom is -0.544 e. The second-order valence-corrected chi connectivity index (χ2v) is 15.9. The molecule has 318 valence electrons. The van der Waals surface area contributed by atoms with E-state index in [1.165, 1.54) is 70.6 Å². The van der Waals surface area contributed by atoms with E-state index in [1.807, 2.05) is 0 Å². The van der Waals surface area contributed by atoms with Crippen LogP contribution in [0.4, 0.5) is 0 Å². The van der Waals surface area contributed by atoms with Gasteiger partial charge in [0.05, 0.1) is 40.3 Å². The zero-order valence-electron chi connectivity index (χ0n) is 36.1. The molecule has 0 saturated heterocycles. The summed E-state index contributed by atoms with van der Waals surface area (Å²) >= 11 is 0. The molecule has 55 heavy (non-hydrogen) atoms. The van der Waals surface area contributed by atoms with Crippen molar-refractivity contribution >= 4 is 17.9 Å². The highest BCUT2D eigenvalue weighted by Crippen LogP contribution is 2.13. The molecule has 0 fully saturated rings. The summed E-state index contributed by atoms with van der Waals surface area (Å²) in [5.74, 6) is -1.76. The minimum atomic E-state index is -1.13. The van der Waals surface area contributed by atoms with Crippen LogP contribution in [-0.2, 0) is 28.6 Å². The first kappa shape index (κ1) is 52.3. The number of unbranched alkanes of at least 4 members (excludes halogenated alkanes) is 17. The molecule has 0 N–H and O–H groups in total. The van der Waals surface area contributed by atoms with E-state index in [0.29, 0.717) is 12.8 Å². The van der Waals surface area contributed by atoms with Crippen molar-refractivity contribution in [1.29, 1.82) is 0 Å². The summed E-state index contributed by atoms with van der Waals surface area (Å²) in [6.07, 6.45) is 44.2. The second kappa shape index (κ2) is 38.2. The van der Waals surface area contributed by atoms with Crippen molar-refractivity contribution in [2.24, 2.45) is 0 Å². The van der Waals surface area contributed by atoms with Gasteiger partial charge in [-0.3, -0.25) is 9.59 Å². The van der Waals surface area contributed by atoms with E-state index in [2.05, 4.69) is 62.5 Å². The van der Waals surface area contributed by atoms with E-state index in [1.54, 1.807) is 21.1 Å². The number of carboxylic acid groups (broad SMARTS) is 1. The van der Waals surface area contributed by atoms with Gasteiger partial charge in [0.2, 0.25) is 0 Å². The normalized spacial score (nSPS) is 13.4. The third-order valence-corrected chi connectivity index (χ3v) is 9.72. The summed E-state index contributed by atoms with van der Waals surface area (Å²) in [5.41, 5.74) is 0. The number of esters is 2. The summed E-state index contributed by atoms with van der Waals surface area (Å²) in [6, 6.07) is -0.728. The smallest absolute Gasteiger partial charge is 0.306 e. The number of hydrogen-bond donors (Lipinski definition) is 0. The van der Waals surface area contributed by atoms with Gasteiger partial charge in [0.25, 0.3) is 0 Å². The Balaban J connectivity index is 4.34. The van der Waals surface area contributed by atoms with Gasteiger partial charge in [-0.15, -0.1) is 0 Å². The Morgan fingerprint density at radius 2 is 0.964 bits per heavy atom. The molecule has 0 aliphatic carbocycles. The Labute approximate surface area is 337 Å². The first-order valence-electron chi connectivity index (χ1n) is 22.2. The maximum Gasteiger partial charge on any atom is 0.306 e. The number of carbonyl (C=O) groups is 3. The third-order valence-electron chi connectivity index (χ3n) is 9.72. The molecule has 8 nitrogen and oxygen atoms in total. The van der Waals surface area contributed by atoms with Crippen molar-refractivity contribution in [3.8, 4) is 0 Å². The Bertz CT molecular complexity index is 1040. The van der Waals surface area contributed by atoms with Crippen LogP contribution in [0.15, 0.2) is 48.6 Å². The SMILES string of the molecule is CCCCC/C=C/C/C=C/C/C=C/C/C=C/CCCCCCCC(=O)OC(COCCC(C(=O)[O-])[N+](C)(C)C)COC(=O)CCCCCCCCCCCC. The summed E-state index contributed by atoms with van der Waals surface area (Å²) in [6.45, 7) is 4.60. The lowest BCUT2D eigenvalue weighted by molar-refractivity contribution is -0.889. The van der Waals surface area contributed by atoms with Crippen LogP contribution in [0.2, 0.25) is 0 Å². The lowest BCUT2D eigenvalue weighted by Crippen LogP contribution is -2.55. The molecular formula is C47H83NO7. The Hall–Kier alpha value is -2.71. The number of carbonyl (C=O) groups excluding carboxylic acids is 3. The van der Waals surface area contributed by atoms with E-state index in [9.17, 15) is 19.5 Å². The maximum atomic E-state index is 12.7. The van der Waals surface area contributed by atoms with Crippen molar-refractivity contribution in [2.75, 3.05) is 41.0 Å². The topological polar surface area (TPSA) is 102 Å². The third kappa shape index (κ3) is 36.7. The van der Waals surface area contributed by atoms with Crippen LogP contribution in [0.25, 0.3) is 0 Å². The summed E-state index contributed by atoms with van der Waals surface area (Å²) in [5, 5.41) is 11.6. The number of nitrogens with zero attached hydrogens (tertiary/aromatic N) is 1. The van der Waals surface area contributed by atoms with Crippen LogP contribution >= 0.6 is 0 Å². The highest BCUT2D eigenvalue weighted by atomic mass is 16.6. The molecule has 0 radical (unpaired) electrons. The molecular weight excluding hydrogens is 691 g/mol. The number of hydrogen-bond acceptors (Lipinski definition) is 7. The van der Waals surface area contributed by atoms with Crippen LogP contribution in [0, 0.1) is 0 Å². The molecule has 0 aromatic carbocycles. The van der Waals surface area contributed by atoms with Gasteiger partial charge in [-0.05, 0) is 57.8 Å². The van der Waals surface area contributed by atoms with Gasteiger partial charge in [0, 0.05) is 19.3 Å². The zero-order valence-corrected chi connectivity index (χ0v) is 36.1. The average molecular weight is 774 g/mol. The number of rotatable bonds is 39. The zero-order chi connectivity index (χ0) is 40.7. The number of aliphatic carboxylic acids is 1. The van der Waals surface area contributed by atoms with E-state index in [4.69, 9.17) is 14.2 Å². The molecule has 0 aliphatic rings. The van der Waals surface area contributed by atoms with Crippen LogP contribution in [0.5, 0.6) is 0 Å². The van der Waals surface area contributed by atoms with Gasteiger partial charge in [0.1, 0.15) is 12.6 Å². The standard InChI is InChI=1S/C47H83NO7/c1-6-8-10-12-14-16-18-19-20-21-22-23-24-25-26-27-28-30-32-34-36-38-46(50)55-43(41-53-40-39-44(47(51)52)48(3,4)5)42-54-45(49)37-35-33-31-29-17-15-13-11-9-7-2/h14,16,19-20,22-23,25-26,43-44H,6-13,15,17-18,21,24,27-42H2,1-5H3/b16-14+,20-19+,23-22+,26-25+. The summed E-state index contributed by atoms with van der Waals surface area (Å²) in [4.78, 5) is 36.8. The van der Waals surface area contributed by atoms with E-state index in [0.717, 1.165) is 77.0 Å². The molecule has 0 aliphatic heterocycles. The molecule has 0 aromatic rings. The Morgan fingerprint density at radius 3 is 1.45 bits per heavy atom. The largest absolute Gasteiger partial charge is 0.544 e. The van der Waals surface area contributed by atoms with Crippen LogP contribution in [0.3, 0.4) is 0 Å². The van der Waals surface area contributed by atoms with Gasteiger partial charge in [-0.25, -0.2) is 0 Å². The van der Waals surface area contributed by atoms with Crippen molar-refractivity contribution in [3.05, 3.63) is 48.6 Å². The average Bonchev–Trinajstić information content (AvgIpc) is 3.14. The lowest BCUT2D eigenvalue weighted by Gasteiger charge is -2.34. The van der Waals surface area contributed by atoms with Crippen molar-refractivity contribution < 1.29 is 38.2 Å². The fourth-order valence-corrected chi connectivity index (χ4v) is 6.23. The summed E-state index contributed by atoms with van der Waals surface area (Å²) < 4.78 is 17.1. The van der Waals surface area contributed by atoms with Gasteiger partial charge in [-0.1, -0.05) is 152 Å². The van der Waals surface area contributed by atoms with E-state index in [-0.39, 0.29) is 42.7 Å². The van der Waals surface area contributed by atoms with Crippen LogP contribution in [0.1, 0.15) is 181 Å². The molecule has 0 rings (SSSR count). The number of ether oxygens (including phenoxy) is 3. The number of allylic oxidation sites excluding steroid dienone is 8. The van der Waals surface area contributed by atoms with Crippen LogP contribution < -0.4 is 5.11 Å². The monoisotopic (exact) mass is 774 g/mol. The molecule has 0 spiro atoms. The fraction of sp³-hybridized carbons (Fsp3) is 0.766. The molecule has 0 aromatic heterocycles. The first-order chi connectivity index (χ1) is 26.6. The van der Waals surface area contributed by atoms with Crippen molar-refractivity contribution in [2.45, 2.75) is 193 Å². The van der Waals surface area contributed by atoms with Gasteiger partial charge in [0.15, 0.2) is 6.10 Å². The number of carboxylic acids is 1. The quantitative estimate of drug-likeness (QED) is 0.0265. The first-order valence-corrected chi connectivity index (χ1v) is 22.2.